The minimum Gasteiger partial charge on any atom is -0.496 e. The molecule has 1 saturated heterocycles. The summed E-state index contributed by atoms with van der Waals surface area (Å²) in [6.45, 7) is 8.86. The molecule has 4 heterocycles. The lowest BCUT2D eigenvalue weighted by Crippen LogP contribution is -2.58. The molecule has 4 aliphatic rings. The monoisotopic (exact) mass is 865 g/mol. The Morgan fingerprint density at radius 3 is 2.53 bits per heavy atom. The Kier molecular flexibility index (Phi) is 12.3. The van der Waals surface area contributed by atoms with E-state index in [-0.39, 0.29) is 25.5 Å². The van der Waals surface area contributed by atoms with Crippen molar-refractivity contribution in [2.75, 3.05) is 13.7 Å². The van der Waals surface area contributed by atoms with E-state index in [1.54, 1.807) is 39.2 Å². The van der Waals surface area contributed by atoms with Gasteiger partial charge in [-0.1, -0.05) is 25.0 Å². The normalized spacial score (nSPS) is 25.1. The summed E-state index contributed by atoms with van der Waals surface area (Å²) in [5.41, 5.74) is -1.34. The lowest BCUT2D eigenvalue weighted by atomic mass is 10.0. The summed E-state index contributed by atoms with van der Waals surface area (Å²) >= 11 is 1.13. The zero-order valence-corrected chi connectivity index (χ0v) is 36.5. The molecule has 3 fully saturated rings. The fourth-order valence-electron chi connectivity index (χ4n) is 8.02. The Labute approximate surface area is 354 Å². The van der Waals surface area contributed by atoms with Gasteiger partial charge in [0.15, 0.2) is 0 Å². The van der Waals surface area contributed by atoms with Crippen LogP contribution in [-0.2, 0) is 30.0 Å². The second-order valence-corrected chi connectivity index (χ2v) is 20.2. The number of carbonyl (C=O) groups is 4. The van der Waals surface area contributed by atoms with Gasteiger partial charge in [0.2, 0.25) is 27.7 Å². The lowest BCUT2D eigenvalue weighted by molar-refractivity contribution is -0.141. The highest BCUT2D eigenvalue weighted by Gasteiger charge is 2.62. The van der Waals surface area contributed by atoms with E-state index in [4.69, 9.17) is 19.2 Å². The van der Waals surface area contributed by atoms with Crippen LogP contribution in [0, 0.1) is 12.8 Å². The minimum atomic E-state index is -3.92. The van der Waals surface area contributed by atoms with Crippen LogP contribution in [0.15, 0.2) is 42.5 Å². The van der Waals surface area contributed by atoms with Gasteiger partial charge in [0.25, 0.3) is 11.8 Å². The van der Waals surface area contributed by atoms with Crippen LogP contribution in [0.3, 0.4) is 0 Å². The molecule has 2 saturated carbocycles. The van der Waals surface area contributed by atoms with Crippen molar-refractivity contribution >= 4 is 55.9 Å². The molecule has 1 aromatic carbocycles. The number of rotatable bonds is 11. The largest absolute Gasteiger partial charge is 0.496 e. The second kappa shape index (κ2) is 17.0. The number of nitrogens with zero attached hydrogens (tertiary/aromatic N) is 2. The predicted octanol–water partition coefficient (Wildman–Crippen LogP) is 4.78. The van der Waals surface area contributed by atoms with Gasteiger partial charge in [-0.15, -0.1) is 11.3 Å². The number of pyridine rings is 1. The van der Waals surface area contributed by atoms with Crippen molar-refractivity contribution in [3.8, 4) is 17.4 Å². The van der Waals surface area contributed by atoms with E-state index in [0.29, 0.717) is 70.1 Å². The molecular weight excluding hydrogens is 811 g/mol. The summed E-state index contributed by atoms with van der Waals surface area (Å²) in [5, 5.41) is 16.4. The van der Waals surface area contributed by atoms with Crippen LogP contribution in [0.2, 0.25) is 0 Å². The molecule has 4 amide bonds. The number of aromatic nitrogens is 1. The molecular formula is C43H55N5O10S2. The highest BCUT2D eigenvalue weighted by Crippen LogP contribution is 2.46. The first-order chi connectivity index (χ1) is 28.4. The van der Waals surface area contributed by atoms with E-state index in [1.165, 1.54) is 4.90 Å². The number of aryl methyl sites for hydroxylation is 1. The summed E-state index contributed by atoms with van der Waals surface area (Å²) in [5.74, 6) is -1.51. The molecule has 0 radical (unpaired) electrons. The molecule has 60 heavy (non-hydrogen) atoms. The first-order valence-corrected chi connectivity index (χ1v) is 23.1. The first-order valence-electron chi connectivity index (χ1n) is 20.7. The molecule has 15 nitrogen and oxygen atoms in total. The number of hydrogen-bond acceptors (Lipinski definition) is 12. The third-order valence-corrected chi connectivity index (χ3v) is 14.8. The van der Waals surface area contributed by atoms with E-state index in [0.717, 1.165) is 29.7 Å². The molecule has 17 heteroatoms. The van der Waals surface area contributed by atoms with Crippen LogP contribution in [-0.4, -0.2) is 95.8 Å². The number of benzene rings is 1. The zero-order valence-electron chi connectivity index (χ0n) is 34.9. The fraction of sp³-hybridized carbons (Fsp3) is 0.558. The molecule has 4 N–H and O–H groups in total. The van der Waals surface area contributed by atoms with Gasteiger partial charge in [-0.25, -0.2) is 13.4 Å². The van der Waals surface area contributed by atoms with Gasteiger partial charge in [-0.2, -0.15) is 0 Å². The third kappa shape index (κ3) is 9.27. The SMILES string of the molecule is COc1ccc2c(O[C@@H]3C[C@H]4C(=O)N[C@]5(C(=O)NS(=O)(=O)C6CC6)C[C@H]5C=CCCCCC[C@H](NC(=O)c5ccc(C(C)(C)O)s5)C(=O)N4C3)cc(OC(C)C)nc2c1C. The maximum absolute atomic E-state index is 14.8. The van der Waals surface area contributed by atoms with Crippen molar-refractivity contribution in [3.63, 3.8) is 0 Å². The van der Waals surface area contributed by atoms with Crippen LogP contribution >= 0.6 is 11.3 Å². The fourth-order valence-corrected chi connectivity index (χ4v) is 10.3. The molecule has 5 atom stereocenters. The Bertz CT molecular complexity index is 2300. The van der Waals surface area contributed by atoms with Crippen LogP contribution in [0.1, 0.15) is 106 Å². The van der Waals surface area contributed by atoms with Gasteiger partial charge in [0.05, 0.1) is 41.0 Å². The average Bonchev–Trinajstić information content (AvgIpc) is 4.05. The molecule has 324 valence electrons. The van der Waals surface area contributed by atoms with Gasteiger partial charge < -0.3 is 34.9 Å². The maximum atomic E-state index is 14.8. The number of fused-ring (bicyclic) bond motifs is 3. The third-order valence-electron chi connectivity index (χ3n) is 11.6. The van der Waals surface area contributed by atoms with Gasteiger partial charge in [-0.3, -0.25) is 23.9 Å². The summed E-state index contributed by atoms with van der Waals surface area (Å²) in [7, 11) is -2.35. The van der Waals surface area contributed by atoms with Crippen molar-refractivity contribution in [2.45, 2.75) is 133 Å². The van der Waals surface area contributed by atoms with Crippen LogP contribution in [0.5, 0.6) is 17.4 Å². The molecule has 0 spiro atoms. The number of allylic oxidation sites excluding steroid dienone is 1. The Balaban J connectivity index is 1.23. The summed E-state index contributed by atoms with van der Waals surface area (Å²) < 4.78 is 46.4. The van der Waals surface area contributed by atoms with Gasteiger partial charge in [0.1, 0.15) is 35.2 Å². The first kappa shape index (κ1) is 43.4. The quantitative estimate of drug-likeness (QED) is 0.193. The van der Waals surface area contributed by atoms with E-state index < -0.39 is 74.1 Å². The summed E-state index contributed by atoms with van der Waals surface area (Å²) in [4.78, 5) is 64.1. The number of thiophene rings is 1. The number of carbonyl (C=O) groups excluding carboxylic acids is 4. The highest BCUT2D eigenvalue weighted by atomic mass is 32.2. The standard InChI is InChI=1S/C43H55N5O10S2/c1-24(2)57-36-21-33(29-16-17-32(56-6)25(3)37(29)45-36)58-27-20-31-38(49)46-43(41(52)47-60(54,55)28-14-15-28)22-26(43)12-10-8-7-9-11-13-30(40(51)48(31)23-27)44-39(50)34-18-19-35(59-34)42(4,5)53/h10,12,16-19,21,24,26-28,30-31,53H,7-9,11,13-15,20,22-23H2,1-6H3,(H,44,50)(H,46,49)(H,47,52)/t26-,27-,30+,31+,43-/m1/s1. The summed E-state index contributed by atoms with van der Waals surface area (Å²) in [6, 6.07) is 6.44. The van der Waals surface area contributed by atoms with E-state index in [9.17, 15) is 32.7 Å². The molecule has 2 aliphatic carbocycles. The van der Waals surface area contributed by atoms with Gasteiger partial charge in [-0.05, 0) is 97.4 Å². The molecule has 0 unspecified atom stereocenters. The van der Waals surface area contributed by atoms with Gasteiger partial charge >= 0.3 is 0 Å². The number of methoxy groups -OCH3 is 1. The van der Waals surface area contributed by atoms with Crippen molar-refractivity contribution in [2.24, 2.45) is 5.92 Å². The number of nitrogens with one attached hydrogen (secondary N) is 3. The van der Waals surface area contributed by atoms with E-state index in [2.05, 4.69) is 15.4 Å². The highest BCUT2D eigenvalue weighted by molar-refractivity contribution is 7.91. The van der Waals surface area contributed by atoms with Crippen LogP contribution in [0.25, 0.3) is 10.9 Å². The predicted molar refractivity (Wildman–Crippen MR) is 225 cm³/mol. The smallest absolute Gasteiger partial charge is 0.262 e. The Morgan fingerprint density at radius 1 is 1.08 bits per heavy atom. The van der Waals surface area contributed by atoms with Crippen molar-refractivity contribution in [3.05, 3.63) is 57.8 Å². The Hall–Kier alpha value is -4.74. The summed E-state index contributed by atoms with van der Waals surface area (Å²) in [6.07, 6.45) is 7.11. The lowest BCUT2D eigenvalue weighted by Gasteiger charge is -2.30. The number of amides is 4. The average molecular weight is 866 g/mol. The zero-order chi connectivity index (χ0) is 43.1. The van der Waals surface area contributed by atoms with E-state index >= 15 is 0 Å². The number of hydrogen-bond donors (Lipinski definition) is 4. The number of sulfonamides is 1. The minimum absolute atomic E-state index is 0.0238. The van der Waals surface area contributed by atoms with Crippen molar-refractivity contribution in [1.82, 2.24) is 25.2 Å². The van der Waals surface area contributed by atoms with E-state index in [1.807, 2.05) is 45.1 Å². The molecule has 0 bridgehead atoms. The topological polar surface area (TPSA) is 203 Å². The van der Waals surface area contributed by atoms with Crippen molar-refractivity contribution in [1.29, 1.82) is 0 Å². The maximum Gasteiger partial charge on any atom is 0.262 e. The van der Waals surface area contributed by atoms with Crippen LogP contribution < -0.4 is 29.6 Å². The molecule has 2 aliphatic heterocycles. The van der Waals surface area contributed by atoms with Crippen LogP contribution in [0.4, 0.5) is 0 Å². The number of ether oxygens (including phenoxy) is 3. The number of aliphatic hydroxyl groups is 1. The second-order valence-electron chi connectivity index (χ2n) is 17.2. The molecule has 7 rings (SSSR count). The molecule has 3 aromatic rings. The Morgan fingerprint density at radius 2 is 1.85 bits per heavy atom. The van der Waals surface area contributed by atoms with Gasteiger partial charge in [0, 0.05) is 34.2 Å². The molecule has 2 aromatic heterocycles. The van der Waals surface area contributed by atoms with Crippen molar-refractivity contribution < 1.29 is 46.9 Å².